The molecule has 0 spiro atoms. The third-order valence-electron chi connectivity index (χ3n) is 4.92. The molecule has 1 aliphatic rings. The number of amides is 2. The summed E-state index contributed by atoms with van der Waals surface area (Å²) in [5, 5.41) is 2.94. The fourth-order valence-electron chi connectivity index (χ4n) is 3.27. The molecule has 1 N–H and O–H groups in total. The molecule has 0 radical (unpaired) electrons. The first-order chi connectivity index (χ1) is 14.8. The van der Waals surface area contributed by atoms with Crippen molar-refractivity contribution < 1.29 is 33.1 Å². The highest BCUT2D eigenvalue weighted by molar-refractivity contribution is 7.18. The van der Waals surface area contributed by atoms with Crippen LogP contribution in [0.3, 0.4) is 0 Å². The lowest BCUT2D eigenvalue weighted by Gasteiger charge is -2.33. The first-order valence-corrected chi connectivity index (χ1v) is 10.3. The van der Waals surface area contributed by atoms with Crippen LogP contribution in [0.5, 0.6) is 0 Å². The molecular weight excluding hydrogens is 426 g/mol. The van der Waals surface area contributed by atoms with E-state index in [1.165, 1.54) is 20.5 Å². The summed E-state index contributed by atoms with van der Waals surface area (Å²) in [7, 11) is 2.47. The number of thiophene rings is 1. The van der Waals surface area contributed by atoms with Crippen LogP contribution in [0.15, 0.2) is 22.8 Å². The van der Waals surface area contributed by atoms with Gasteiger partial charge in [0.05, 0.1) is 32.6 Å². The van der Waals surface area contributed by atoms with Crippen LogP contribution in [0.1, 0.15) is 36.1 Å². The van der Waals surface area contributed by atoms with Gasteiger partial charge in [-0.1, -0.05) is 0 Å². The predicted molar refractivity (Wildman–Crippen MR) is 111 cm³/mol. The summed E-state index contributed by atoms with van der Waals surface area (Å²) < 4.78 is 14.7. The van der Waals surface area contributed by atoms with Crippen molar-refractivity contribution in [2.45, 2.75) is 6.92 Å². The number of nitrogens with one attached hydrogen (secondary N) is 1. The van der Waals surface area contributed by atoms with Crippen LogP contribution < -0.4 is 5.32 Å². The lowest BCUT2D eigenvalue weighted by atomic mass is 10.1. The second kappa shape index (κ2) is 9.75. The third-order valence-corrected chi connectivity index (χ3v) is 6.11. The zero-order valence-corrected chi connectivity index (χ0v) is 18.2. The Balaban J connectivity index is 1.62. The summed E-state index contributed by atoms with van der Waals surface area (Å²) in [4.78, 5) is 52.9. The normalized spacial score (nSPS) is 14.2. The molecular formula is C20H23N3O7S. The number of carbonyl (C=O) groups is 4. The van der Waals surface area contributed by atoms with Gasteiger partial charge in [0.25, 0.3) is 5.91 Å². The maximum absolute atomic E-state index is 12.6. The number of piperazine rings is 1. The summed E-state index contributed by atoms with van der Waals surface area (Å²) in [5.41, 5.74) is 0.527. The quantitative estimate of drug-likeness (QED) is 0.661. The molecule has 2 aromatic rings. The molecule has 0 aliphatic carbocycles. The van der Waals surface area contributed by atoms with Gasteiger partial charge >= 0.3 is 11.9 Å². The van der Waals surface area contributed by atoms with Gasteiger partial charge in [0.2, 0.25) is 5.91 Å². The molecule has 1 fully saturated rings. The van der Waals surface area contributed by atoms with Crippen molar-refractivity contribution in [1.82, 2.24) is 9.80 Å². The van der Waals surface area contributed by atoms with Gasteiger partial charge in [0.1, 0.15) is 9.88 Å². The molecule has 31 heavy (non-hydrogen) atoms. The topological polar surface area (TPSA) is 118 Å². The first kappa shape index (κ1) is 22.5. The molecule has 3 heterocycles. The van der Waals surface area contributed by atoms with Crippen LogP contribution >= 0.6 is 11.3 Å². The van der Waals surface area contributed by atoms with E-state index in [2.05, 4.69) is 5.32 Å². The first-order valence-electron chi connectivity index (χ1n) is 9.50. The van der Waals surface area contributed by atoms with E-state index in [1.54, 1.807) is 24.0 Å². The SMILES string of the molecule is COC(=O)c1sc(NC(=O)CN2CCN(C(=O)c3ccco3)CC2)c(C(=O)OC)c1C. The number of rotatable bonds is 6. The Morgan fingerprint density at radius 3 is 2.35 bits per heavy atom. The predicted octanol–water partition coefficient (Wildman–Crippen LogP) is 1.62. The van der Waals surface area contributed by atoms with Gasteiger partial charge in [-0.2, -0.15) is 0 Å². The average molecular weight is 449 g/mol. The minimum absolute atomic E-state index is 0.0773. The Morgan fingerprint density at radius 1 is 1.10 bits per heavy atom. The van der Waals surface area contributed by atoms with Crippen molar-refractivity contribution in [3.05, 3.63) is 40.2 Å². The molecule has 0 saturated carbocycles. The van der Waals surface area contributed by atoms with Crippen LogP contribution in [-0.2, 0) is 14.3 Å². The highest BCUT2D eigenvalue weighted by Gasteiger charge is 2.28. The fourth-order valence-corrected chi connectivity index (χ4v) is 4.40. The van der Waals surface area contributed by atoms with E-state index < -0.39 is 11.9 Å². The van der Waals surface area contributed by atoms with Crippen molar-refractivity contribution in [3.63, 3.8) is 0 Å². The average Bonchev–Trinajstić information content (AvgIpc) is 3.41. The van der Waals surface area contributed by atoms with E-state index in [1.807, 2.05) is 4.90 Å². The van der Waals surface area contributed by atoms with Crippen molar-refractivity contribution >= 4 is 40.1 Å². The number of hydrogen-bond acceptors (Lipinski definition) is 9. The molecule has 2 amide bonds. The van der Waals surface area contributed by atoms with E-state index >= 15 is 0 Å². The summed E-state index contributed by atoms with van der Waals surface area (Å²) >= 11 is 0.966. The molecule has 11 heteroatoms. The van der Waals surface area contributed by atoms with Crippen molar-refractivity contribution in [2.75, 3.05) is 52.3 Å². The second-order valence-corrected chi connectivity index (χ2v) is 7.86. The van der Waals surface area contributed by atoms with Gasteiger partial charge in [0, 0.05) is 26.2 Å². The largest absolute Gasteiger partial charge is 0.465 e. The van der Waals surface area contributed by atoms with E-state index in [-0.39, 0.29) is 39.6 Å². The highest BCUT2D eigenvalue weighted by Crippen LogP contribution is 2.34. The number of esters is 2. The summed E-state index contributed by atoms with van der Waals surface area (Å²) in [6, 6.07) is 3.28. The molecule has 2 aromatic heterocycles. The zero-order chi connectivity index (χ0) is 22.5. The maximum atomic E-state index is 12.6. The van der Waals surface area contributed by atoms with Gasteiger partial charge in [-0.25, -0.2) is 9.59 Å². The van der Waals surface area contributed by atoms with Crippen LogP contribution in [0.2, 0.25) is 0 Å². The number of ether oxygens (including phenoxy) is 2. The number of hydrogen-bond donors (Lipinski definition) is 1. The van der Waals surface area contributed by atoms with Gasteiger partial charge in [-0.3, -0.25) is 14.5 Å². The second-order valence-electron chi connectivity index (χ2n) is 6.84. The van der Waals surface area contributed by atoms with Crippen LogP contribution in [0.4, 0.5) is 5.00 Å². The molecule has 1 aliphatic heterocycles. The molecule has 3 rings (SSSR count). The van der Waals surface area contributed by atoms with Crippen molar-refractivity contribution in [1.29, 1.82) is 0 Å². The zero-order valence-electron chi connectivity index (χ0n) is 17.4. The highest BCUT2D eigenvalue weighted by atomic mass is 32.1. The van der Waals surface area contributed by atoms with Gasteiger partial charge < -0.3 is 24.1 Å². The lowest BCUT2D eigenvalue weighted by Crippen LogP contribution is -2.50. The van der Waals surface area contributed by atoms with E-state index in [4.69, 9.17) is 13.9 Å². The molecule has 0 atom stereocenters. The fraction of sp³-hybridized carbons (Fsp3) is 0.400. The standard InChI is InChI=1S/C20H23N3O7S/c1-12-15(19(26)28-2)17(31-16(12)20(27)29-3)21-14(24)11-22-6-8-23(9-7-22)18(25)13-5-4-10-30-13/h4-5,10H,6-9,11H2,1-3H3,(H,21,24). The molecule has 10 nitrogen and oxygen atoms in total. The molecule has 0 bridgehead atoms. The summed E-state index contributed by atoms with van der Waals surface area (Å²) in [5.74, 6) is -1.47. The molecule has 166 valence electrons. The number of nitrogens with zero attached hydrogens (tertiary/aromatic N) is 2. The van der Waals surface area contributed by atoms with Gasteiger partial charge in [-0.15, -0.1) is 11.3 Å². The van der Waals surface area contributed by atoms with Gasteiger partial charge in [-0.05, 0) is 24.6 Å². The molecule has 0 unspecified atom stereocenters. The van der Waals surface area contributed by atoms with Crippen molar-refractivity contribution in [2.24, 2.45) is 0 Å². The van der Waals surface area contributed by atoms with E-state index in [9.17, 15) is 19.2 Å². The van der Waals surface area contributed by atoms with E-state index in [0.29, 0.717) is 31.7 Å². The molecule has 1 saturated heterocycles. The Bertz CT molecular complexity index is 975. The molecule has 0 aromatic carbocycles. The number of anilines is 1. The smallest absolute Gasteiger partial charge is 0.348 e. The summed E-state index contributed by atoms with van der Waals surface area (Å²) in [6.07, 6.45) is 1.45. The third kappa shape index (κ3) is 4.94. The monoisotopic (exact) mass is 449 g/mol. The van der Waals surface area contributed by atoms with Crippen LogP contribution in [0.25, 0.3) is 0 Å². The lowest BCUT2D eigenvalue weighted by molar-refractivity contribution is -0.117. The maximum Gasteiger partial charge on any atom is 0.348 e. The number of furan rings is 1. The Kier molecular flexibility index (Phi) is 7.08. The van der Waals surface area contributed by atoms with Crippen LogP contribution in [-0.4, -0.2) is 80.5 Å². The number of carbonyl (C=O) groups excluding carboxylic acids is 4. The Hall–Kier alpha value is -3.18. The Morgan fingerprint density at radius 2 is 1.77 bits per heavy atom. The van der Waals surface area contributed by atoms with Gasteiger partial charge in [0.15, 0.2) is 5.76 Å². The summed E-state index contributed by atoms with van der Waals surface area (Å²) in [6.45, 7) is 3.63. The van der Waals surface area contributed by atoms with Crippen molar-refractivity contribution in [3.8, 4) is 0 Å². The number of methoxy groups -OCH3 is 2. The Labute approximate surface area is 182 Å². The minimum atomic E-state index is -0.649. The van der Waals surface area contributed by atoms with Crippen LogP contribution in [0, 0.1) is 6.92 Å². The van der Waals surface area contributed by atoms with E-state index in [0.717, 1.165) is 11.3 Å². The minimum Gasteiger partial charge on any atom is -0.465 e.